The van der Waals surface area contributed by atoms with Crippen LogP contribution in [0.25, 0.3) is 0 Å². The first-order valence-electron chi connectivity index (χ1n) is 7.23. The quantitative estimate of drug-likeness (QED) is 0.940. The van der Waals surface area contributed by atoms with Gasteiger partial charge in [0.2, 0.25) is 0 Å². The first-order valence-corrected chi connectivity index (χ1v) is 7.23. The van der Waals surface area contributed by atoms with E-state index in [0.717, 1.165) is 18.5 Å². The highest BCUT2D eigenvalue weighted by molar-refractivity contribution is 5.80. The zero-order valence-electron chi connectivity index (χ0n) is 12.1. The molecule has 0 aromatic heterocycles. The van der Waals surface area contributed by atoms with Gasteiger partial charge in [-0.3, -0.25) is 4.90 Å². The average Bonchev–Trinajstić information content (AvgIpc) is 2.54. The van der Waals surface area contributed by atoms with E-state index < -0.39 is 11.5 Å². The number of nitrogens with zero attached hydrogens (tertiary/aromatic N) is 1. The van der Waals surface area contributed by atoms with Crippen molar-refractivity contribution in [1.82, 2.24) is 4.90 Å². The zero-order chi connectivity index (χ0) is 14.9. The first-order chi connectivity index (χ1) is 10.1. The molecule has 1 atom stereocenters. The Morgan fingerprint density at radius 1 is 1.05 bits per heavy atom. The highest BCUT2D eigenvalue weighted by atomic mass is 16.4. The number of benzene rings is 2. The summed E-state index contributed by atoms with van der Waals surface area (Å²) in [5, 5.41) is 9.84. The molecule has 1 heterocycles. The molecule has 0 amide bonds. The number of hydrogen-bond acceptors (Lipinski definition) is 2. The fourth-order valence-corrected chi connectivity index (χ4v) is 3.08. The largest absolute Gasteiger partial charge is 0.480 e. The Labute approximate surface area is 124 Å². The summed E-state index contributed by atoms with van der Waals surface area (Å²) in [7, 11) is 0. The lowest BCUT2D eigenvalue weighted by Gasteiger charge is -2.41. The number of carboxylic acid groups (broad SMARTS) is 1. The van der Waals surface area contributed by atoms with Crippen LogP contribution >= 0.6 is 0 Å². The second kappa shape index (κ2) is 5.34. The molecule has 1 aliphatic heterocycles. The second-order valence-electron chi connectivity index (χ2n) is 5.68. The molecular weight excluding hydrogens is 262 g/mol. The van der Waals surface area contributed by atoms with Crippen molar-refractivity contribution in [3.05, 3.63) is 71.3 Å². The molecule has 2 aromatic carbocycles. The summed E-state index contributed by atoms with van der Waals surface area (Å²) in [6.07, 6.45) is 0.895. The van der Waals surface area contributed by atoms with Gasteiger partial charge in [0.25, 0.3) is 0 Å². The third-order valence-electron chi connectivity index (χ3n) is 4.52. The minimum atomic E-state index is -0.991. The molecule has 108 valence electrons. The van der Waals surface area contributed by atoms with E-state index in [2.05, 4.69) is 17.0 Å². The van der Waals surface area contributed by atoms with E-state index in [0.29, 0.717) is 6.54 Å². The van der Waals surface area contributed by atoms with Crippen LogP contribution in [0.3, 0.4) is 0 Å². The van der Waals surface area contributed by atoms with Crippen LogP contribution < -0.4 is 0 Å². The second-order valence-corrected chi connectivity index (χ2v) is 5.68. The number of hydrogen-bond donors (Lipinski definition) is 1. The molecular formula is C18H19NO2. The average molecular weight is 281 g/mol. The molecule has 0 bridgehead atoms. The Hall–Kier alpha value is -2.13. The molecule has 3 rings (SSSR count). The Kier molecular flexibility index (Phi) is 3.52. The third-order valence-corrected chi connectivity index (χ3v) is 4.52. The fourth-order valence-electron chi connectivity index (χ4n) is 3.08. The maximum absolute atomic E-state index is 12.0. The van der Waals surface area contributed by atoms with E-state index >= 15 is 0 Å². The van der Waals surface area contributed by atoms with Crippen molar-refractivity contribution >= 4 is 5.97 Å². The van der Waals surface area contributed by atoms with Gasteiger partial charge in [-0.05, 0) is 30.0 Å². The van der Waals surface area contributed by atoms with Crippen molar-refractivity contribution in [2.45, 2.75) is 25.4 Å². The molecule has 1 unspecified atom stereocenters. The highest BCUT2D eigenvalue weighted by Gasteiger charge is 2.42. The normalized spacial score (nSPS) is 17.8. The Balaban J connectivity index is 1.99. The summed E-state index contributed by atoms with van der Waals surface area (Å²) in [6, 6.07) is 17.8. The van der Waals surface area contributed by atoms with E-state index in [9.17, 15) is 9.90 Å². The zero-order valence-corrected chi connectivity index (χ0v) is 12.1. The van der Waals surface area contributed by atoms with Gasteiger partial charge in [0.05, 0.1) is 0 Å². The lowest BCUT2D eigenvalue weighted by Crippen LogP contribution is -2.51. The minimum absolute atomic E-state index is 0.674. The molecule has 3 nitrogen and oxygen atoms in total. The van der Waals surface area contributed by atoms with Crippen molar-refractivity contribution < 1.29 is 9.90 Å². The third kappa shape index (κ3) is 2.34. The van der Waals surface area contributed by atoms with Crippen LogP contribution in [0, 0.1) is 0 Å². The predicted molar refractivity (Wildman–Crippen MR) is 82.0 cm³/mol. The smallest absolute Gasteiger partial charge is 0.328 e. The lowest BCUT2D eigenvalue weighted by molar-refractivity contribution is -0.152. The van der Waals surface area contributed by atoms with Crippen molar-refractivity contribution in [1.29, 1.82) is 0 Å². The molecule has 0 aliphatic carbocycles. The Bertz CT molecular complexity index is 653. The van der Waals surface area contributed by atoms with Gasteiger partial charge in [-0.25, -0.2) is 4.79 Å². The van der Waals surface area contributed by atoms with E-state index in [1.165, 1.54) is 11.1 Å². The molecule has 21 heavy (non-hydrogen) atoms. The van der Waals surface area contributed by atoms with Gasteiger partial charge in [-0.2, -0.15) is 0 Å². The maximum atomic E-state index is 12.0. The molecule has 2 aromatic rings. The number of carbonyl (C=O) groups is 1. The molecule has 3 heteroatoms. The maximum Gasteiger partial charge on any atom is 0.328 e. The molecule has 0 saturated carbocycles. The van der Waals surface area contributed by atoms with E-state index in [1.54, 1.807) is 6.92 Å². The van der Waals surface area contributed by atoms with Crippen LogP contribution in [-0.2, 0) is 23.3 Å². The van der Waals surface area contributed by atoms with Crippen LogP contribution in [-0.4, -0.2) is 22.5 Å². The Morgan fingerprint density at radius 3 is 2.33 bits per heavy atom. The minimum Gasteiger partial charge on any atom is -0.480 e. The monoisotopic (exact) mass is 281 g/mol. The van der Waals surface area contributed by atoms with Crippen molar-refractivity contribution in [2.75, 3.05) is 6.54 Å². The molecule has 1 N–H and O–H groups in total. The van der Waals surface area contributed by atoms with Crippen LogP contribution in [0.4, 0.5) is 0 Å². The number of aliphatic carboxylic acids is 1. The summed E-state index contributed by atoms with van der Waals surface area (Å²) >= 11 is 0. The summed E-state index contributed by atoms with van der Waals surface area (Å²) in [6.45, 7) is 3.24. The summed E-state index contributed by atoms with van der Waals surface area (Å²) in [5.74, 6) is -0.798. The van der Waals surface area contributed by atoms with Crippen LogP contribution in [0.5, 0.6) is 0 Å². The lowest BCUT2D eigenvalue weighted by atomic mass is 9.87. The summed E-state index contributed by atoms with van der Waals surface area (Å²) < 4.78 is 0. The number of rotatable bonds is 3. The number of fused-ring (bicyclic) bond motifs is 1. The number of carboxylic acids is 1. The van der Waals surface area contributed by atoms with Crippen molar-refractivity contribution in [3.8, 4) is 0 Å². The van der Waals surface area contributed by atoms with Gasteiger partial charge in [0.15, 0.2) is 0 Å². The van der Waals surface area contributed by atoms with E-state index in [1.807, 2.05) is 42.5 Å². The molecule has 0 fully saturated rings. The predicted octanol–water partition coefficient (Wildman–Crippen LogP) is 3.04. The summed E-state index contributed by atoms with van der Waals surface area (Å²) in [5.41, 5.74) is 2.40. The van der Waals surface area contributed by atoms with E-state index in [4.69, 9.17) is 0 Å². The topological polar surface area (TPSA) is 40.5 Å². The standard InChI is InChI=1S/C18H19NO2/c1-18(17(20)21,16-9-3-2-4-10-16)19-12-11-14-7-5-6-8-15(14)13-19/h2-10H,11-13H2,1H3,(H,20,21). The molecule has 0 radical (unpaired) electrons. The van der Waals surface area contributed by atoms with E-state index in [-0.39, 0.29) is 0 Å². The Morgan fingerprint density at radius 2 is 1.67 bits per heavy atom. The van der Waals surface area contributed by atoms with Gasteiger partial charge in [0.1, 0.15) is 5.54 Å². The van der Waals surface area contributed by atoms with Crippen LogP contribution in [0.2, 0.25) is 0 Å². The van der Waals surface area contributed by atoms with Crippen molar-refractivity contribution in [3.63, 3.8) is 0 Å². The summed E-state index contributed by atoms with van der Waals surface area (Å²) in [4.78, 5) is 14.1. The fraction of sp³-hybridized carbons (Fsp3) is 0.278. The van der Waals surface area contributed by atoms with Gasteiger partial charge >= 0.3 is 5.97 Å². The van der Waals surface area contributed by atoms with Gasteiger partial charge in [-0.15, -0.1) is 0 Å². The van der Waals surface area contributed by atoms with Gasteiger partial charge in [0, 0.05) is 13.1 Å². The van der Waals surface area contributed by atoms with Gasteiger partial charge in [-0.1, -0.05) is 54.6 Å². The van der Waals surface area contributed by atoms with Gasteiger partial charge < -0.3 is 5.11 Å². The first kappa shape index (κ1) is 13.8. The molecule has 0 spiro atoms. The molecule has 1 aliphatic rings. The van der Waals surface area contributed by atoms with Crippen LogP contribution in [0.1, 0.15) is 23.6 Å². The molecule has 0 saturated heterocycles. The highest BCUT2D eigenvalue weighted by Crippen LogP contribution is 2.33. The van der Waals surface area contributed by atoms with Crippen molar-refractivity contribution in [2.24, 2.45) is 0 Å². The SMILES string of the molecule is CC(C(=O)O)(c1ccccc1)N1CCc2ccccc2C1. The van der Waals surface area contributed by atoms with Crippen LogP contribution in [0.15, 0.2) is 54.6 Å².